The summed E-state index contributed by atoms with van der Waals surface area (Å²) in [4.78, 5) is 28.7. The third kappa shape index (κ3) is 4.35. The summed E-state index contributed by atoms with van der Waals surface area (Å²) in [7, 11) is 0. The molecule has 0 fully saturated rings. The summed E-state index contributed by atoms with van der Waals surface area (Å²) in [6, 6.07) is 22.8. The van der Waals surface area contributed by atoms with Crippen molar-refractivity contribution in [2.24, 2.45) is 0 Å². The molecule has 6 nitrogen and oxygen atoms in total. The van der Waals surface area contributed by atoms with Crippen LogP contribution < -0.4 is 21.1 Å². The summed E-state index contributed by atoms with van der Waals surface area (Å²) in [6.07, 6.45) is 0. The summed E-state index contributed by atoms with van der Waals surface area (Å²) in [5.74, 6) is -0.319. The molecule has 0 bridgehead atoms. The van der Waals surface area contributed by atoms with Crippen LogP contribution in [-0.2, 0) is 4.79 Å². The number of carbonyl (C=O) groups excluding carboxylic acids is 2. The molecule has 3 N–H and O–H groups in total. The van der Waals surface area contributed by atoms with Crippen LogP contribution in [0.5, 0.6) is 0 Å². The number of rotatable bonds is 3. The molecule has 1 heterocycles. The molecule has 7 heteroatoms. The predicted octanol–water partition coefficient (Wildman–Crippen LogP) is 4.45. The normalized spacial score (nSPS) is 11.8. The van der Waals surface area contributed by atoms with Gasteiger partial charge in [-0.3, -0.25) is 10.2 Å². The second kappa shape index (κ2) is 8.28. The van der Waals surface area contributed by atoms with Crippen LogP contribution in [0.1, 0.15) is 5.56 Å². The lowest BCUT2D eigenvalue weighted by Crippen LogP contribution is -2.47. The number of anilines is 3. The van der Waals surface area contributed by atoms with Crippen molar-refractivity contribution >= 4 is 40.8 Å². The Balaban J connectivity index is 1.41. The largest absolute Gasteiger partial charge is 0.337 e. The first-order valence-corrected chi connectivity index (χ1v) is 9.98. The molecule has 3 amide bonds. The number of para-hydroxylation sites is 2. The average molecular weight is 404 g/mol. The second-order valence-electron chi connectivity index (χ2n) is 6.62. The van der Waals surface area contributed by atoms with Gasteiger partial charge in [0.05, 0.1) is 11.4 Å². The number of benzene rings is 3. The number of amides is 3. The zero-order valence-electron chi connectivity index (χ0n) is 15.8. The molecular weight excluding hydrogens is 384 g/mol. The quantitative estimate of drug-likeness (QED) is 0.564. The smallest absolute Gasteiger partial charge is 0.330 e. The van der Waals surface area contributed by atoms with Crippen LogP contribution in [0, 0.1) is 6.92 Å². The van der Waals surface area contributed by atoms with E-state index < -0.39 is 6.03 Å². The molecule has 29 heavy (non-hydrogen) atoms. The van der Waals surface area contributed by atoms with Crippen LogP contribution in [0.4, 0.5) is 21.9 Å². The van der Waals surface area contributed by atoms with E-state index in [1.165, 1.54) is 0 Å². The summed E-state index contributed by atoms with van der Waals surface area (Å²) in [5.41, 5.74) is 8.56. The van der Waals surface area contributed by atoms with Gasteiger partial charge in [-0.15, -0.1) is 0 Å². The van der Waals surface area contributed by atoms with Gasteiger partial charge in [-0.05, 0) is 43.3 Å². The molecule has 3 aromatic rings. The zero-order chi connectivity index (χ0) is 20.2. The molecule has 0 radical (unpaired) electrons. The molecule has 0 saturated carbocycles. The number of aryl methyl sites for hydroxylation is 1. The van der Waals surface area contributed by atoms with Gasteiger partial charge >= 0.3 is 6.03 Å². The summed E-state index contributed by atoms with van der Waals surface area (Å²) in [5, 5.41) is 2.68. The fourth-order valence-corrected chi connectivity index (χ4v) is 4.16. The van der Waals surface area contributed by atoms with Crippen molar-refractivity contribution in [1.29, 1.82) is 0 Å². The van der Waals surface area contributed by atoms with Crippen molar-refractivity contribution in [2.45, 2.75) is 16.7 Å². The van der Waals surface area contributed by atoms with Crippen LogP contribution in [0.25, 0.3) is 0 Å². The fourth-order valence-electron chi connectivity index (χ4n) is 3.06. The van der Waals surface area contributed by atoms with E-state index in [0.717, 1.165) is 26.7 Å². The van der Waals surface area contributed by atoms with Gasteiger partial charge in [0.25, 0.3) is 5.91 Å². The Morgan fingerprint density at radius 2 is 1.41 bits per heavy atom. The molecule has 0 atom stereocenters. The van der Waals surface area contributed by atoms with Crippen LogP contribution in [0.15, 0.2) is 82.6 Å². The third-order valence-electron chi connectivity index (χ3n) is 4.46. The van der Waals surface area contributed by atoms with Gasteiger partial charge < -0.3 is 10.2 Å². The predicted molar refractivity (Wildman–Crippen MR) is 115 cm³/mol. The molecule has 3 aromatic carbocycles. The Bertz CT molecular complexity index is 1010. The number of fused-ring (bicyclic) bond motifs is 2. The van der Waals surface area contributed by atoms with E-state index in [4.69, 9.17) is 0 Å². The maximum Gasteiger partial charge on any atom is 0.337 e. The van der Waals surface area contributed by atoms with Gasteiger partial charge in [-0.25, -0.2) is 10.2 Å². The van der Waals surface area contributed by atoms with Crippen molar-refractivity contribution in [3.63, 3.8) is 0 Å². The van der Waals surface area contributed by atoms with Gasteiger partial charge in [-0.1, -0.05) is 53.7 Å². The highest BCUT2D eigenvalue weighted by Crippen LogP contribution is 2.47. The highest BCUT2D eigenvalue weighted by molar-refractivity contribution is 7.99. The minimum absolute atomic E-state index is 0.0827. The van der Waals surface area contributed by atoms with E-state index in [-0.39, 0.29) is 12.5 Å². The minimum Gasteiger partial charge on any atom is -0.330 e. The van der Waals surface area contributed by atoms with E-state index in [0.29, 0.717) is 5.69 Å². The number of carbonyl (C=O) groups is 2. The fraction of sp³-hybridized carbons (Fsp3) is 0.0909. The summed E-state index contributed by atoms with van der Waals surface area (Å²) < 4.78 is 0. The first-order chi connectivity index (χ1) is 14.1. The third-order valence-corrected chi connectivity index (χ3v) is 5.59. The molecule has 146 valence electrons. The van der Waals surface area contributed by atoms with E-state index in [2.05, 4.69) is 16.2 Å². The highest BCUT2D eigenvalue weighted by atomic mass is 32.2. The first-order valence-electron chi connectivity index (χ1n) is 9.16. The van der Waals surface area contributed by atoms with Crippen molar-refractivity contribution in [3.8, 4) is 0 Å². The van der Waals surface area contributed by atoms with Crippen molar-refractivity contribution in [2.75, 3.05) is 16.8 Å². The molecular formula is C22H20N4O2S. The summed E-state index contributed by atoms with van der Waals surface area (Å²) in [6.45, 7) is 2.05. The Hall–Kier alpha value is -3.45. The Kier molecular flexibility index (Phi) is 5.39. The lowest BCUT2D eigenvalue weighted by Gasteiger charge is -2.32. The molecule has 4 rings (SSSR count). The van der Waals surface area contributed by atoms with Crippen LogP contribution in [0.2, 0.25) is 0 Å². The van der Waals surface area contributed by atoms with Gasteiger partial charge in [0, 0.05) is 15.5 Å². The topological polar surface area (TPSA) is 73.5 Å². The van der Waals surface area contributed by atoms with Gasteiger partial charge in [0.15, 0.2) is 0 Å². The first kappa shape index (κ1) is 18.9. The molecule has 0 saturated heterocycles. The molecule has 0 spiro atoms. The van der Waals surface area contributed by atoms with Crippen LogP contribution in [-0.4, -0.2) is 18.5 Å². The summed E-state index contributed by atoms with van der Waals surface area (Å²) >= 11 is 1.68. The Morgan fingerprint density at radius 1 is 0.828 bits per heavy atom. The number of hydrazine groups is 1. The lowest BCUT2D eigenvalue weighted by molar-refractivity contribution is -0.120. The number of hydrogen-bond donors (Lipinski definition) is 3. The number of nitrogens with one attached hydrogen (secondary N) is 3. The molecule has 1 aliphatic heterocycles. The highest BCUT2D eigenvalue weighted by Gasteiger charge is 2.24. The Labute approximate surface area is 173 Å². The average Bonchev–Trinajstić information content (AvgIpc) is 2.74. The number of urea groups is 1. The zero-order valence-corrected chi connectivity index (χ0v) is 16.6. The lowest BCUT2D eigenvalue weighted by atomic mass is 10.2. The van der Waals surface area contributed by atoms with E-state index in [1.54, 1.807) is 23.9 Å². The van der Waals surface area contributed by atoms with Gasteiger partial charge in [0.2, 0.25) is 0 Å². The molecule has 0 unspecified atom stereocenters. The van der Waals surface area contributed by atoms with Gasteiger partial charge in [0.1, 0.15) is 6.54 Å². The standard InChI is InChI=1S/C22H20N4O2S/c1-15-10-12-16(13-11-15)23-22(28)25-24-21(27)14-26-17-6-2-4-8-19(17)29-20-9-5-3-7-18(20)26/h2-13H,14H2,1H3,(H,24,27)(H2,23,25,28). The number of nitrogens with zero attached hydrogens (tertiary/aromatic N) is 1. The van der Waals surface area contributed by atoms with Crippen LogP contribution in [0.3, 0.4) is 0 Å². The number of hydrogen-bond acceptors (Lipinski definition) is 4. The van der Waals surface area contributed by atoms with E-state index >= 15 is 0 Å². The van der Waals surface area contributed by atoms with Crippen molar-refractivity contribution < 1.29 is 9.59 Å². The van der Waals surface area contributed by atoms with Crippen molar-refractivity contribution in [1.82, 2.24) is 10.9 Å². The molecule has 1 aliphatic rings. The monoisotopic (exact) mass is 404 g/mol. The SMILES string of the molecule is Cc1ccc(NC(=O)NNC(=O)CN2c3ccccc3Sc3ccccc32)cc1. The van der Waals surface area contributed by atoms with E-state index in [9.17, 15) is 9.59 Å². The maximum atomic E-state index is 12.5. The molecule has 0 aromatic heterocycles. The minimum atomic E-state index is -0.503. The van der Waals surface area contributed by atoms with Crippen LogP contribution >= 0.6 is 11.8 Å². The second-order valence-corrected chi connectivity index (χ2v) is 7.70. The molecule has 0 aliphatic carbocycles. The Morgan fingerprint density at radius 3 is 2.03 bits per heavy atom. The maximum absolute atomic E-state index is 12.5. The van der Waals surface area contributed by atoms with Crippen molar-refractivity contribution in [3.05, 3.63) is 78.4 Å². The van der Waals surface area contributed by atoms with E-state index in [1.807, 2.05) is 72.5 Å². The van der Waals surface area contributed by atoms with Gasteiger partial charge in [-0.2, -0.15) is 0 Å².